The van der Waals surface area contributed by atoms with Gasteiger partial charge >= 0.3 is 6.01 Å². The Balaban J connectivity index is 2.20. The van der Waals surface area contributed by atoms with E-state index in [1.54, 1.807) is 0 Å². The average molecular weight is 193 g/mol. The van der Waals surface area contributed by atoms with Crippen LogP contribution in [0, 0.1) is 0 Å². The molecule has 0 amide bonds. The van der Waals surface area contributed by atoms with Gasteiger partial charge in [-0.15, -0.1) is 0 Å². The molecule has 1 aliphatic rings. The summed E-state index contributed by atoms with van der Waals surface area (Å²) in [6.45, 7) is 5.79. The molecule has 1 aromatic rings. The zero-order valence-corrected chi connectivity index (χ0v) is 8.82. The van der Waals surface area contributed by atoms with Crippen molar-refractivity contribution >= 4 is 0 Å². The van der Waals surface area contributed by atoms with Gasteiger partial charge in [0.25, 0.3) is 0 Å². The van der Waals surface area contributed by atoms with E-state index in [0.29, 0.717) is 6.01 Å². The summed E-state index contributed by atoms with van der Waals surface area (Å²) in [6, 6.07) is 0.494. The van der Waals surface area contributed by atoms with E-state index in [0.717, 1.165) is 18.8 Å². The van der Waals surface area contributed by atoms with E-state index in [2.05, 4.69) is 21.9 Å². The lowest BCUT2D eigenvalue weighted by Gasteiger charge is -2.07. The Kier molecular flexibility index (Phi) is 2.37. The number of hydrogen-bond donors (Lipinski definition) is 0. The fourth-order valence-electron chi connectivity index (χ4n) is 1.56. The van der Waals surface area contributed by atoms with Gasteiger partial charge in [0, 0.05) is 24.8 Å². The predicted octanol–water partition coefficient (Wildman–Crippen LogP) is 1.21. The second-order valence-corrected chi connectivity index (χ2v) is 3.96. The SMILES string of the molecule is CC(C)Oc1ncc2c(n1)CN(C)C2. The first-order valence-electron chi connectivity index (χ1n) is 4.85. The summed E-state index contributed by atoms with van der Waals surface area (Å²) in [5.74, 6) is 0. The molecule has 0 unspecified atom stereocenters. The van der Waals surface area contributed by atoms with Crippen molar-refractivity contribution in [1.82, 2.24) is 14.9 Å². The monoisotopic (exact) mass is 193 g/mol. The van der Waals surface area contributed by atoms with Crippen LogP contribution in [0.1, 0.15) is 25.1 Å². The van der Waals surface area contributed by atoms with Crippen molar-refractivity contribution in [2.75, 3.05) is 7.05 Å². The van der Waals surface area contributed by atoms with Crippen LogP contribution in [0.5, 0.6) is 6.01 Å². The van der Waals surface area contributed by atoms with Crippen LogP contribution in [0.2, 0.25) is 0 Å². The van der Waals surface area contributed by atoms with E-state index in [-0.39, 0.29) is 6.10 Å². The summed E-state index contributed by atoms with van der Waals surface area (Å²) in [6.07, 6.45) is 2.00. The van der Waals surface area contributed by atoms with E-state index in [1.165, 1.54) is 5.56 Å². The molecule has 0 atom stereocenters. The van der Waals surface area contributed by atoms with E-state index in [4.69, 9.17) is 4.74 Å². The van der Waals surface area contributed by atoms with Gasteiger partial charge < -0.3 is 4.74 Å². The third kappa shape index (κ3) is 1.85. The van der Waals surface area contributed by atoms with Gasteiger partial charge in [-0.3, -0.25) is 4.90 Å². The van der Waals surface area contributed by atoms with Gasteiger partial charge in [-0.25, -0.2) is 4.98 Å². The van der Waals surface area contributed by atoms with Crippen molar-refractivity contribution in [2.45, 2.75) is 33.0 Å². The lowest BCUT2D eigenvalue weighted by molar-refractivity contribution is 0.221. The molecule has 0 radical (unpaired) electrons. The Bertz CT molecular complexity index is 338. The molecule has 0 saturated carbocycles. The first kappa shape index (κ1) is 9.40. The molecule has 76 valence electrons. The smallest absolute Gasteiger partial charge is 0.316 e. The molecule has 0 aromatic carbocycles. The average Bonchev–Trinajstić information content (AvgIpc) is 2.42. The number of nitrogens with zero attached hydrogens (tertiary/aromatic N) is 3. The molecule has 2 heterocycles. The molecular formula is C10H15N3O. The maximum absolute atomic E-state index is 5.43. The summed E-state index contributed by atoms with van der Waals surface area (Å²) in [5.41, 5.74) is 2.31. The minimum absolute atomic E-state index is 0.132. The summed E-state index contributed by atoms with van der Waals surface area (Å²) in [7, 11) is 2.07. The standard InChI is InChI=1S/C10H15N3O/c1-7(2)14-10-11-4-8-5-13(3)6-9(8)12-10/h4,7H,5-6H2,1-3H3. The molecule has 4 heteroatoms. The molecule has 1 aromatic heterocycles. The van der Waals surface area contributed by atoms with E-state index in [9.17, 15) is 0 Å². The van der Waals surface area contributed by atoms with Crippen LogP contribution in [0.15, 0.2) is 6.20 Å². The van der Waals surface area contributed by atoms with Crippen LogP contribution in [0.25, 0.3) is 0 Å². The second-order valence-electron chi connectivity index (χ2n) is 3.96. The molecule has 0 bridgehead atoms. The summed E-state index contributed by atoms with van der Waals surface area (Å²) in [5, 5.41) is 0. The zero-order valence-electron chi connectivity index (χ0n) is 8.82. The van der Waals surface area contributed by atoms with Crippen molar-refractivity contribution in [2.24, 2.45) is 0 Å². The normalized spacial score (nSPS) is 16.0. The zero-order chi connectivity index (χ0) is 10.1. The third-order valence-electron chi connectivity index (χ3n) is 2.13. The lowest BCUT2D eigenvalue weighted by atomic mass is 10.3. The Labute approximate surface area is 83.9 Å². The largest absolute Gasteiger partial charge is 0.461 e. The fourth-order valence-corrected chi connectivity index (χ4v) is 1.56. The Morgan fingerprint density at radius 3 is 2.93 bits per heavy atom. The molecule has 4 nitrogen and oxygen atoms in total. The summed E-state index contributed by atoms with van der Waals surface area (Å²) >= 11 is 0. The Morgan fingerprint density at radius 2 is 2.21 bits per heavy atom. The summed E-state index contributed by atoms with van der Waals surface area (Å²) < 4.78 is 5.43. The number of hydrogen-bond acceptors (Lipinski definition) is 4. The number of rotatable bonds is 2. The van der Waals surface area contributed by atoms with Gasteiger partial charge in [-0.2, -0.15) is 4.98 Å². The second kappa shape index (κ2) is 3.53. The highest BCUT2D eigenvalue weighted by molar-refractivity contribution is 5.22. The van der Waals surface area contributed by atoms with Gasteiger partial charge in [0.2, 0.25) is 0 Å². The first-order valence-corrected chi connectivity index (χ1v) is 4.85. The molecule has 0 saturated heterocycles. The van der Waals surface area contributed by atoms with E-state index >= 15 is 0 Å². The van der Waals surface area contributed by atoms with Crippen LogP contribution in [0.4, 0.5) is 0 Å². The molecule has 0 spiro atoms. The molecular weight excluding hydrogens is 178 g/mol. The molecule has 2 rings (SSSR count). The van der Waals surface area contributed by atoms with Crippen molar-refractivity contribution < 1.29 is 4.74 Å². The maximum Gasteiger partial charge on any atom is 0.316 e. The Hall–Kier alpha value is -1.16. The minimum Gasteiger partial charge on any atom is -0.461 e. The summed E-state index contributed by atoms with van der Waals surface area (Å²) in [4.78, 5) is 10.7. The van der Waals surface area contributed by atoms with Crippen LogP contribution >= 0.6 is 0 Å². The maximum atomic E-state index is 5.43. The predicted molar refractivity (Wildman–Crippen MR) is 53.0 cm³/mol. The lowest BCUT2D eigenvalue weighted by Crippen LogP contribution is -2.09. The van der Waals surface area contributed by atoms with Crippen LogP contribution in [0.3, 0.4) is 0 Å². The van der Waals surface area contributed by atoms with Gasteiger partial charge in [-0.05, 0) is 20.9 Å². The molecule has 0 fully saturated rings. The van der Waals surface area contributed by atoms with Crippen molar-refractivity contribution in [3.05, 3.63) is 17.5 Å². The molecule has 0 aliphatic carbocycles. The first-order chi connectivity index (χ1) is 6.65. The topological polar surface area (TPSA) is 38.3 Å². The highest BCUT2D eigenvalue weighted by atomic mass is 16.5. The minimum atomic E-state index is 0.132. The van der Waals surface area contributed by atoms with Crippen LogP contribution in [-0.2, 0) is 13.1 Å². The third-order valence-corrected chi connectivity index (χ3v) is 2.13. The molecule has 0 N–H and O–H groups in total. The fraction of sp³-hybridized carbons (Fsp3) is 0.600. The molecule has 1 aliphatic heterocycles. The quantitative estimate of drug-likeness (QED) is 0.707. The van der Waals surface area contributed by atoms with Crippen LogP contribution in [-0.4, -0.2) is 28.0 Å². The van der Waals surface area contributed by atoms with Crippen molar-refractivity contribution in [3.63, 3.8) is 0 Å². The highest BCUT2D eigenvalue weighted by Gasteiger charge is 2.18. The van der Waals surface area contributed by atoms with Gasteiger partial charge in [0.1, 0.15) is 0 Å². The Morgan fingerprint density at radius 1 is 1.43 bits per heavy atom. The van der Waals surface area contributed by atoms with E-state index in [1.807, 2.05) is 20.0 Å². The number of fused-ring (bicyclic) bond motifs is 1. The van der Waals surface area contributed by atoms with Crippen molar-refractivity contribution in [3.8, 4) is 6.01 Å². The van der Waals surface area contributed by atoms with Crippen molar-refractivity contribution in [1.29, 1.82) is 0 Å². The van der Waals surface area contributed by atoms with Crippen LogP contribution < -0.4 is 4.74 Å². The highest BCUT2D eigenvalue weighted by Crippen LogP contribution is 2.20. The van der Waals surface area contributed by atoms with Gasteiger partial charge in [0.15, 0.2) is 0 Å². The number of aromatic nitrogens is 2. The molecule has 14 heavy (non-hydrogen) atoms. The number of ether oxygens (including phenoxy) is 1. The van der Waals surface area contributed by atoms with Gasteiger partial charge in [-0.1, -0.05) is 0 Å². The van der Waals surface area contributed by atoms with Gasteiger partial charge in [0.05, 0.1) is 11.8 Å². The van der Waals surface area contributed by atoms with E-state index < -0.39 is 0 Å².